The maximum Gasteiger partial charge on any atom is 0.247 e. The molecule has 0 saturated heterocycles. The van der Waals surface area contributed by atoms with Crippen LogP contribution in [0.15, 0.2) is 60.7 Å². The van der Waals surface area contributed by atoms with Crippen LogP contribution in [0, 0.1) is 0 Å². The standard InChI is InChI=1S/C27H29NO4/c1-18(22-11-7-9-20-8-5-6-10-23(20)22)28(21-13-14-21)26(29)15-12-19-16-24(30-2)27(32-4)25(17-19)31-3/h5-12,15-18,21H,13-14H2,1-4H3. The van der Waals surface area contributed by atoms with Crippen molar-refractivity contribution in [1.82, 2.24) is 4.90 Å². The van der Waals surface area contributed by atoms with Gasteiger partial charge in [0.25, 0.3) is 0 Å². The second kappa shape index (κ2) is 9.35. The van der Waals surface area contributed by atoms with Crippen LogP contribution in [0.5, 0.6) is 17.2 Å². The highest BCUT2D eigenvalue weighted by Gasteiger charge is 2.35. The molecule has 5 nitrogen and oxygen atoms in total. The molecular formula is C27H29NO4. The van der Waals surface area contributed by atoms with Crippen LogP contribution in [-0.4, -0.2) is 38.2 Å². The Morgan fingerprint density at radius 3 is 2.25 bits per heavy atom. The molecule has 1 fully saturated rings. The van der Waals surface area contributed by atoms with E-state index in [9.17, 15) is 4.79 Å². The first-order valence-electron chi connectivity index (χ1n) is 10.9. The van der Waals surface area contributed by atoms with E-state index in [-0.39, 0.29) is 18.0 Å². The van der Waals surface area contributed by atoms with Gasteiger partial charge in [-0.1, -0.05) is 42.5 Å². The van der Waals surface area contributed by atoms with E-state index in [1.165, 1.54) is 16.3 Å². The average molecular weight is 432 g/mol. The molecule has 32 heavy (non-hydrogen) atoms. The number of fused-ring (bicyclic) bond motifs is 1. The molecule has 1 unspecified atom stereocenters. The second-order valence-corrected chi connectivity index (χ2v) is 8.01. The molecule has 1 atom stereocenters. The second-order valence-electron chi connectivity index (χ2n) is 8.01. The van der Waals surface area contributed by atoms with E-state index in [2.05, 4.69) is 37.3 Å². The van der Waals surface area contributed by atoms with Crippen LogP contribution in [-0.2, 0) is 4.79 Å². The molecule has 4 rings (SSSR count). The van der Waals surface area contributed by atoms with Gasteiger partial charge in [0.15, 0.2) is 11.5 Å². The molecule has 0 aromatic heterocycles. The van der Waals surface area contributed by atoms with Crippen molar-refractivity contribution in [2.24, 2.45) is 0 Å². The molecule has 0 spiro atoms. The average Bonchev–Trinajstić information content (AvgIpc) is 3.66. The van der Waals surface area contributed by atoms with Crippen LogP contribution in [0.1, 0.15) is 36.9 Å². The lowest BCUT2D eigenvalue weighted by atomic mass is 9.98. The summed E-state index contributed by atoms with van der Waals surface area (Å²) in [6.45, 7) is 2.12. The summed E-state index contributed by atoms with van der Waals surface area (Å²) >= 11 is 0. The first-order valence-corrected chi connectivity index (χ1v) is 10.9. The van der Waals surface area contributed by atoms with Gasteiger partial charge in [0, 0.05) is 12.1 Å². The number of ether oxygens (including phenoxy) is 3. The number of nitrogens with zero attached hydrogens (tertiary/aromatic N) is 1. The lowest BCUT2D eigenvalue weighted by Crippen LogP contribution is -2.34. The van der Waals surface area contributed by atoms with Gasteiger partial charge >= 0.3 is 0 Å². The van der Waals surface area contributed by atoms with Crippen molar-refractivity contribution >= 4 is 22.8 Å². The summed E-state index contributed by atoms with van der Waals surface area (Å²) in [6.07, 6.45) is 5.52. The van der Waals surface area contributed by atoms with Crippen molar-refractivity contribution in [2.45, 2.75) is 31.8 Å². The van der Waals surface area contributed by atoms with Crippen LogP contribution in [0.25, 0.3) is 16.8 Å². The fourth-order valence-corrected chi connectivity index (χ4v) is 4.26. The molecule has 0 aliphatic heterocycles. The predicted molar refractivity (Wildman–Crippen MR) is 127 cm³/mol. The van der Waals surface area contributed by atoms with Crippen molar-refractivity contribution in [1.29, 1.82) is 0 Å². The van der Waals surface area contributed by atoms with E-state index in [0.717, 1.165) is 18.4 Å². The Kier molecular flexibility index (Phi) is 6.35. The number of rotatable bonds is 8. The Balaban J connectivity index is 1.63. The van der Waals surface area contributed by atoms with Gasteiger partial charge in [-0.25, -0.2) is 0 Å². The Hall–Kier alpha value is -3.47. The molecule has 0 bridgehead atoms. The summed E-state index contributed by atoms with van der Waals surface area (Å²) in [7, 11) is 4.73. The molecule has 3 aromatic carbocycles. The molecule has 3 aromatic rings. The zero-order valence-corrected chi connectivity index (χ0v) is 19.0. The van der Waals surface area contributed by atoms with Gasteiger partial charge in [-0.2, -0.15) is 0 Å². The predicted octanol–water partition coefficient (Wildman–Crippen LogP) is 5.63. The topological polar surface area (TPSA) is 48.0 Å². The molecule has 1 amide bonds. The number of carbonyl (C=O) groups excluding carboxylic acids is 1. The van der Waals surface area contributed by atoms with Gasteiger partial charge in [0.2, 0.25) is 11.7 Å². The molecule has 0 N–H and O–H groups in total. The lowest BCUT2D eigenvalue weighted by Gasteiger charge is -2.29. The van der Waals surface area contributed by atoms with Gasteiger partial charge in [-0.15, -0.1) is 0 Å². The summed E-state index contributed by atoms with van der Waals surface area (Å²) in [5.41, 5.74) is 1.98. The van der Waals surface area contributed by atoms with E-state index in [0.29, 0.717) is 17.2 Å². The van der Waals surface area contributed by atoms with Crippen LogP contribution >= 0.6 is 0 Å². The van der Waals surface area contributed by atoms with Gasteiger partial charge in [-0.3, -0.25) is 4.79 Å². The fraction of sp³-hybridized carbons (Fsp3) is 0.296. The Labute approximate surface area is 189 Å². The van der Waals surface area contributed by atoms with E-state index < -0.39 is 0 Å². The lowest BCUT2D eigenvalue weighted by molar-refractivity contribution is -0.128. The number of carbonyl (C=O) groups is 1. The smallest absolute Gasteiger partial charge is 0.247 e. The van der Waals surface area contributed by atoms with Gasteiger partial charge in [0.05, 0.1) is 27.4 Å². The first-order chi connectivity index (χ1) is 15.6. The van der Waals surface area contributed by atoms with E-state index in [1.807, 2.05) is 29.2 Å². The molecule has 166 valence electrons. The molecule has 0 radical (unpaired) electrons. The normalized spacial score (nSPS) is 14.4. The van der Waals surface area contributed by atoms with Crippen molar-refractivity contribution < 1.29 is 19.0 Å². The zero-order chi connectivity index (χ0) is 22.7. The zero-order valence-electron chi connectivity index (χ0n) is 19.0. The highest BCUT2D eigenvalue weighted by Crippen LogP contribution is 2.39. The minimum atomic E-state index is -0.0225. The number of hydrogen-bond acceptors (Lipinski definition) is 4. The van der Waals surface area contributed by atoms with Crippen LogP contribution in [0.3, 0.4) is 0 Å². The molecule has 1 saturated carbocycles. The number of benzene rings is 3. The van der Waals surface area contributed by atoms with Gasteiger partial charge in [0.1, 0.15) is 0 Å². The van der Waals surface area contributed by atoms with Crippen LogP contribution in [0.4, 0.5) is 0 Å². The quantitative estimate of drug-likeness (QED) is 0.434. The SMILES string of the molecule is COc1cc(C=CC(=O)N(C2CC2)C(C)c2cccc3ccccc23)cc(OC)c1OC. The molecule has 5 heteroatoms. The minimum Gasteiger partial charge on any atom is -0.493 e. The Bertz CT molecular complexity index is 1120. The summed E-state index contributed by atoms with van der Waals surface area (Å²) in [4.78, 5) is 15.3. The van der Waals surface area contributed by atoms with Gasteiger partial charge < -0.3 is 19.1 Å². The van der Waals surface area contributed by atoms with E-state index in [4.69, 9.17) is 14.2 Å². The fourth-order valence-electron chi connectivity index (χ4n) is 4.26. The third-order valence-corrected chi connectivity index (χ3v) is 5.99. The third-order valence-electron chi connectivity index (χ3n) is 5.99. The van der Waals surface area contributed by atoms with Gasteiger partial charge in [-0.05, 0) is 59.9 Å². The van der Waals surface area contributed by atoms with E-state index in [1.54, 1.807) is 33.5 Å². The number of methoxy groups -OCH3 is 3. The summed E-state index contributed by atoms with van der Waals surface area (Å²) in [6, 6.07) is 18.6. The van der Waals surface area contributed by atoms with E-state index >= 15 is 0 Å². The first kappa shape index (κ1) is 21.8. The van der Waals surface area contributed by atoms with Crippen molar-refractivity contribution in [3.8, 4) is 17.2 Å². The molecule has 0 heterocycles. The highest BCUT2D eigenvalue weighted by atomic mass is 16.5. The summed E-state index contributed by atoms with van der Waals surface area (Å²) in [5, 5.41) is 2.38. The largest absolute Gasteiger partial charge is 0.493 e. The van der Waals surface area contributed by atoms with Crippen LogP contribution < -0.4 is 14.2 Å². The molecule has 1 aliphatic rings. The molecule has 1 aliphatic carbocycles. The summed E-state index contributed by atoms with van der Waals surface area (Å²) in [5.74, 6) is 1.65. The Morgan fingerprint density at radius 1 is 0.969 bits per heavy atom. The highest BCUT2D eigenvalue weighted by molar-refractivity contribution is 5.93. The maximum absolute atomic E-state index is 13.3. The van der Waals surface area contributed by atoms with Crippen molar-refractivity contribution in [3.63, 3.8) is 0 Å². The van der Waals surface area contributed by atoms with Crippen LogP contribution in [0.2, 0.25) is 0 Å². The summed E-state index contributed by atoms with van der Waals surface area (Å²) < 4.78 is 16.2. The maximum atomic E-state index is 13.3. The monoisotopic (exact) mass is 431 g/mol. The number of amides is 1. The molecular weight excluding hydrogens is 402 g/mol. The van der Waals surface area contributed by atoms with Crippen molar-refractivity contribution in [2.75, 3.05) is 21.3 Å². The number of hydrogen-bond donors (Lipinski definition) is 0. The third kappa shape index (κ3) is 4.28. The Morgan fingerprint density at radius 2 is 1.62 bits per heavy atom. The van der Waals surface area contributed by atoms with Crippen molar-refractivity contribution in [3.05, 3.63) is 71.8 Å². The minimum absolute atomic E-state index is 0.00156.